The fraction of sp³-hybridized carbons (Fsp3) is 0.375. The summed E-state index contributed by atoms with van der Waals surface area (Å²) in [4.78, 5) is 24.8. The van der Waals surface area contributed by atoms with Crippen molar-refractivity contribution in [1.82, 2.24) is 14.7 Å². The Hall–Kier alpha value is -2.90. The van der Waals surface area contributed by atoms with Crippen LogP contribution in [-0.2, 0) is 0 Å². The molecule has 2 aromatic rings. The van der Waals surface area contributed by atoms with Crippen LogP contribution in [0.2, 0.25) is 0 Å². The first-order valence-corrected chi connectivity index (χ1v) is 7.55. The second-order valence-electron chi connectivity index (χ2n) is 5.95. The zero-order valence-electron chi connectivity index (χ0n) is 14.4. The van der Waals surface area contributed by atoms with Gasteiger partial charge in [-0.2, -0.15) is 5.10 Å². The third-order valence-electron chi connectivity index (χ3n) is 3.54. The molecule has 0 bridgehead atoms. The van der Waals surface area contributed by atoms with Crippen LogP contribution in [0.25, 0.3) is 0 Å². The molecule has 0 spiro atoms. The number of para-hydroxylation sites is 2. The Morgan fingerprint density at radius 2 is 1.96 bits per heavy atom. The van der Waals surface area contributed by atoms with E-state index in [4.69, 9.17) is 0 Å². The second kappa shape index (κ2) is 6.69. The number of nitrogens with zero attached hydrogens (tertiary/aromatic N) is 4. The molecular weight excluding hydrogens is 310 g/mol. The molecule has 0 atom stereocenters. The number of rotatable bonds is 5. The van der Waals surface area contributed by atoms with Crippen molar-refractivity contribution < 1.29 is 9.72 Å². The summed E-state index contributed by atoms with van der Waals surface area (Å²) in [6.45, 7) is 5.61. The Balaban J connectivity index is 2.59. The van der Waals surface area contributed by atoms with Crippen molar-refractivity contribution in [1.29, 1.82) is 0 Å². The van der Waals surface area contributed by atoms with Crippen LogP contribution in [0.3, 0.4) is 0 Å². The summed E-state index contributed by atoms with van der Waals surface area (Å²) < 4.78 is 1.63. The van der Waals surface area contributed by atoms with Crippen molar-refractivity contribution >= 4 is 23.0 Å². The van der Waals surface area contributed by atoms with Crippen LogP contribution in [0.1, 0.15) is 36.1 Å². The molecule has 1 heterocycles. The van der Waals surface area contributed by atoms with Gasteiger partial charge in [0.05, 0.1) is 16.3 Å². The Morgan fingerprint density at radius 1 is 1.33 bits per heavy atom. The van der Waals surface area contributed by atoms with Crippen molar-refractivity contribution in [2.24, 2.45) is 0 Å². The van der Waals surface area contributed by atoms with E-state index in [1.54, 1.807) is 43.9 Å². The van der Waals surface area contributed by atoms with Gasteiger partial charge in [-0.3, -0.25) is 19.6 Å². The van der Waals surface area contributed by atoms with Crippen LogP contribution in [-0.4, -0.2) is 39.6 Å². The fourth-order valence-corrected chi connectivity index (χ4v) is 2.36. The highest BCUT2D eigenvalue weighted by molar-refractivity contribution is 5.99. The van der Waals surface area contributed by atoms with E-state index in [2.05, 4.69) is 10.4 Å². The normalized spacial score (nSPS) is 10.8. The van der Waals surface area contributed by atoms with Gasteiger partial charge in [0.1, 0.15) is 11.4 Å². The number of aromatic nitrogens is 2. The van der Waals surface area contributed by atoms with Gasteiger partial charge in [-0.15, -0.1) is 0 Å². The van der Waals surface area contributed by atoms with Crippen LogP contribution < -0.4 is 5.32 Å². The average molecular weight is 331 g/mol. The maximum atomic E-state index is 12.6. The summed E-state index contributed by atoms with van der Waals surface area (Å²) in [5.74, 6) is -0.217. The third-order valence-corrected chi connectivity index (χ3v) is 3.54. The van der Waals surface area contributed by atoms with Gasteiger partial charge in [0.2, 0.25) is 0 Å². The Labute approximate surface area is 140 Å². The number of carbonyl (C=O) groups excluding carboxylic acids is 1. The quantitative estimate of drug-likeness (QED) is 0.671. The molecule has 8 nitrogen and oxygen atoms in total. The Morgan fingerprint density at radius 3 is 2.50 bits per heavy atom. The number of benzene rings is 1. The molecule has 0 aliphatic rings. The number of anilines is 2. The van der Waals surface area contributed by atoms with E-state index in [1.807, 2.05) is 13.8 Å². The minimum Gasteiger partial charge on any atom is -0.346 e. The highest BCUT2D eigenvalue weighted by atomic mass is 16.6. The number of carbonyl (C=O) groups is 1. The molecule has 8 heteroatoms. The monoisotopic (exact) mass is 331 g/mol. The zero-order chi connectivity index (χ0) is 18.0. The molecule has 0 aliphatic heterocycles. The van der Waals surface area contributed by atoms with E-state index < -0.39 is 4.92 Å². The predicted molar refractivity (Wildman–Crippen MR) is 91.7 cm³/mol. The van der Waals surface area contributed by atoms with E-state index in [1.165, 1.54) is 11.0 Å². The predicted octanol–water partition coefficient (Wildman–Crippen LogP) is 3.13. The minimum atomic E-state index is -0.460. The number of hydrogen-bond donors (Lipinski definition) is 1. The summed E-state index contributed by atoms with van der Waals surface area (Å²) in [5, 5.41) is 18.7. The van der Waals surface area contributed by atoms with Gasteiger partial charge < -0.3 is 10.2 Å². The summed E-state index contributed by atoms with van der Waals surface area (Å²) in [6.07, 6.45) is 0. The number of nitrogens with one attached hydrogen (secondary N) is 1. The van der Waals surface area contributed by atoms with E-state index in [9.17, 15) is 14.9 Å². The van der Waals surface area contributed by atoms with Gasteiger partial charge in [0.15, 0.2) is 0 Å². The molecule has 2 rings (SSSR count). The average Bonchev–Trinajstić information content (AvgIpc) is 2.84. The molecule has 128 valence electrons. The van der Waals surface area contributed by atoms with Crippen molar-refractivity contribution in [3.8, 4) is 0 Å². The topological polar surface area (TPSA) is 93.3 Å². The standard InChI is InChI=1S/C16H21N5O3/c1-10(2)20-15(16(22)19(4)5)14(11(3)18-20)17-12-8-6-7-9-13(12)21(23)24/h6-10,17H,1-5H3. The fourth-order valence-electron chi connectivity index (χ4n) is 2.36. The lowest BCUT2D eigenvalue weighted by atomic mass is 10.2. The molecule has 0 aliphatic carbocycles. The smallest absolute Gasteiger partial charge is 0.292 e. The molecule has 1 aromatic heterocycles. The van der Waals surface area contributed by atoms with E-state index in [0.29, 0.717) is 22.8 Å². The van der Waals surface area contributed by atoms with Crippen LogP contribution in [0.15, 0.2) is 24.3 Å². The maximum absolute atomic E-state index is 12.6. The van der Waals surface area contributed by atoms with Gasteiger partial charge in [-0.25, -0.2) is 0 Å². The largest absolute Gasteiger partial charge is 0.346 e. The highest BCUT2D eigenvalue weighted by Gasteiger charge is 2.26. The molecule has 24 heavy (non-hydrogen) atoms. The van der Waals surface area contributed by atoms with Crippen molar-refractivity contribution in [3.05, 3.63) is 45.8 Å². The number of hydrogen-bond acceptors (Lipinski definition) is 5. The molecule has 1 aromatic carbocycles. The molecular formula is C16H21N5O3. The van der Waals surface area contributed by atoms with Crippen molar-refractivity contribution in [2.75, 3.05) is 19.4 Å². The third kappa shape index (κ3) is 3.22. The summed E-state index contributed by atoms with van der Waals surface area (Å²) in [6, 6.07) is 6.29. The molecule has 0 saturated carbocycles. The zero-order valence-corrected chi connectivity index (χ0v) is 14.4. The van der Waals surface area contributed by atoms with Crippen LogP contribution in [0, 0.1) is 17.0 Å². The molecule has 1 N–H and O–H groups in total. The first-order chi connectivity index (χ1) is 11.2. The van der Waals surface area contributed by atoms with Crippen molar-refractivity contribution in [2.45, 2.75) is 26.8 Å². The van der Waals surface area contributed by atoms with Gasteiger partial charge in [-0.05, 0) is 26.8 Å². The highest BCUT2D eigenvalue weighted by Crippen LogP contribution is 2.32. The lowest BCUT2D eigenvalue weighted by molar-refractivity contribution is -0.383. The number of amides is 1. The Bertz CT molecular complexity index is 780. The maximum Gasteiger partial charge on any atom is 0.292 e. The first kappa shape index (κ1) is 17.5. The van der Waals surface area contributed by atoms with Gasteiger partial charge in [0.25, 0.3) is 11.6 Å². The lowest BCUT2D eigenvalue weighted by Gasteiger charge is -2.16. The van der Waals surface area contributed by atoms with E-state index >= 15 is 0 Å². The van der Waals surface area contributed by atoms with Gasteiger partial charge >= 0.3 is 0 Å². The van der Waals surface area contributed by atoms with Crippen molar-refractivity contribution in [3.63, 3.8) is 0 Å². The lowest BCUT2D eigenvalue weighted by Crippen LogP contribution is -2.26. The van der Waals surface area contributed by atoms with Gasteiger partial charge in [-0.1, -0.05) is 12.1 Å². The van der Waals surface area contributed by atoms with E-state index in [-0.39, 0.29) is 17.6 Å². The van der Waals surface area contributed by atoms with Gasteiger partial charge in [0, 0.05) is 26.2 Å². The number of nitro groups is 1. The second-order valence-corrected chi connectivity index (χ2v) is 5.95. The number of nitro benzene ring substituents is 1. The molecule has 0 saturated heterocycles. The SMILES string of the molecule is Cc1nn(C(C)C)c(C(=O)N(C)C)c1Nc1ccccc1[N+](=O)[O-]. The van der Waals surface area contributed by atoms with Crippen LogP contribution in [0.4, 0.5) is 17.1 Å². The minimum absolute atomic E-state index is 0.0242. The Kier molecular flexibility index (Phi) is 4.87. The first-order valence-electron chi connectivity index (χ1n) is 7.55. The summed E-state index contributed by atoms with van der Waals surface area (Å²) in [5.41, 5.74) is 1.73. The molecule has 0 fully saturated rings. The number of aryl methyl sites for hydroxylation is 1. The van der Waals surface area contributed by atoms with E-state index in [0.717, 1.165) is 0 Å². The van der Waals surface area contributed by atoms with Crippen LogP contribution >= 0.6 is 0 Å². The molecule has 1 amide bonds. The summed E-state index contributed by atoms with van der Waals surface area (Å²) in [7, 11) is 3.31. The molecule has 0 unspecified atom stereocenters. The molecule has 0 radical (unpaired) electrons. The summed E-state index contributed by atoms with van der Waals surface area (Å²) >= 11 is 0. The van der Waals surface area contributed by atoms with Crippen LogP contribution in [0.5, 0.6) is 0 Å².